The summed E-state index contributed by atoms with van der Waals surface area (Å²) in [6, 6.07) is 9.09. The van der Waals surface area contributed by atoms with E-state index >= 15 is 0 Å². The molecule has 1 saturated carbocycles. The van der Waals surface area contributed by atoms with Crippen molar-refractivity contribution in [1.29, 1.82) is 0 Å². The van der Waals surface area contributed by atoms with E-state index in [9.17, 15) is 0 Å². The third kappa shape index (κ3) is 3.05. The SMILES string of the molecule is NC1CCCC1CCc1ccc(Br)cc1. The van der Waals surface area contributed by atoms with E-state index < -0.39 is 0 Å². The normalized spacial score (nSPS) is 25.7. The summed E-state index contributed by atoms with van der Waals surface area (Å²) in [7, 11) is 0. The maximum absolute atomic E-state index is 6.06. The number of benzene rings is 1. The lowest BCUT2D eigenvalue weighted by Crippen LogP contribution is -2.24. The standard InChI is InChI=1S/C13H18BrN/c14-12-8-5-10(6-9-12)4-7-11-2-1-3-13(11)15/h5-6,8-9,11,13H,1-4,7,15H2. The molecular weight excluding hydrogens is 250 g/mol. The van der Waals surface area contributed by atoms with Crippen LogP contribution in [0.2, 0.25) is 0 Å². The lowest BCUT2D eigenvalue weighted by molar-refractivity contribution is 0.447. The van der Waals surface area contributed by atoms with E-state index in [0.717, 1.165) is 10.4 Å². The van der Waals surface area contributed by atoms with Gasteiger partial charge in [-0.05, 0) is 49.3 Å². The quantitative estimate of drug-likeness (QED) is 0.892. The summed E-state index contributed by atoms with van der Waals surface area (Å²) in [5.74, 6) is 0.758. The van der Waals surface area contributed by atoms with Gasteiger partial charge in [-0.15, -0.1) is 0 Å². The fraction of sp³-hybridized carbons (Fsp3) is 0.538. The summed E-state index contributed by atoms with van der Waals surface area (Å²) in [6.07, 6.45) is 6.31. The molecule has 0 heterocycles. The Labute approximate surface area is 100 Å². The van der Waals surface area contributed by atoms with E-state index in [0.29, 0.717) is 6.04 Å². The number of rotatable bonds is 3. The Morgan fingerprint density at radius 2 is 1.93 bits per heavy atom. The van der Waals surface area contributed by atoms with Gasteiger partial charge in [-0.2, -0.15) is 0 Å². The van der Waals surface area contributed by atoms with E-state index in [2.05, 4.69) is 40.2 Å². The Bertz CT molecular complexity index is 307. The molecule has 2 N–H and O–H groups in total. The zero-order valence-electron chi connectivity index (χ0n) is 8.95. The largest absolute Gasteiger partial charge is 0.327 e. The average molecular weight is 268 g/mol. The summed E-state index contributed by atoms with van der Waals surface area (Å²) < 4.78 is 1.16. The van der Waals surface area contributed by atoms with Gasteiger partial charge in [0, 0.05) is 10.5 Å². The van der Waals surface area contributed by atoms with Crippen LogP contribution < -0.4 is 5.73 Å². The molecule has 0 amide bonds. The summed E-state index contributed by atoms with van der Waals surface area (Å²) in [5.41, 5.74) is 7.49. The number of hydrogen-bond acceptors (Lipinski definition) is 1. The van der Waals surface area contributed by atoms with Gasteiger partial charge in [-0.1, -0.05) is 34.5 Å². The van der Waals surface area contributed by atoms with Crippen LogP contribution in [0.25, 0.3) is 0 Å². The number of halogens is 1. The molecule has 0 radical (unpaired) electrons. The highest BCUT2D eigenvalue weighted by Crippen LogP contribution is 2.28. The molecule has 0 bridgehead atoms. The van der Waals surface area contributed by atoms with Gasteiger partial charge >= 0.3 is 0 Å². The van der Waals surface area contributed by atoms with E-state index in [-0.39, 0.29) is 0 Å². The molecule has 1 fully saturated rings. The predicted molar refractivity (Wildman–Crippen MR) is 67.8 cm³/mol. The monoisotopic (exact) mass is 267 g/mol. The van der Waals surface area contributed by atoms with E-state index in [4.69, 9.17) is 5.73 Å². The number of aryl methyl sites for hydroxylation is 1. The first-order valence-electron chi connectivity index (χ1n) is 5.76. The molecular formula is C13H18BrN. The molecule has 15 heavy (non-hydrogen) atoms. The van der Waals surface area contributed by atoms with E-state index in [1.54, 1.807) is 0 Å². The molecule has 0 aromatic heterocycles. The van der Waals surface area contributed by atoms with E-state index in [1.165, 1.54) is 37.7 Å². The van der Waals surface area contributed by atoms with Gasteiger partial charge in [0.2, 0.25) is 0 Å². The average Bonchev–Trinajstić information content (AvgIpc) is 2.63. The van der Waals surface area contributed by atoms with Crippen molar-refractivity contribution in [3.63, 3.8) is 0 Å². The maximum atomic E-state index is 6.06. The first-order valence-corrected chi connectivity index (χ1v) is 6.55. The van der Waals surface area contributed by atoms with Crippen LogP contribution in [0.15, 0.2) is 28.7 Å². The van der Waals surface area contributed by atoms with Gasteiger partial charge in [-0.3, -0.25) is 0 Å². The Hall–Kier alpha value is -0.340. The van der Waals surface area contributed by atoms with Crippen LogP contribution in [-0.4, -0.2) is 6.04 Å². The van der Waals surface area contributed by atoms with Crippen molar-refractivity contribution in [2.45, 2.75) is 38.1 Å². The van der Waals surface area contributed by atoms with Crippen molar-refractivity contribution >= 4 is 15.9 Å². The van der Waals surface area contributed by atoms with Crippen molar-refractivity contribution < 1.29 is 0 Å². The maximum Gasteiger partial charge on any atom is 0.0175 e. The molecule has 2 atom stereocenters. The third-order valence-corrected chi connectivity index (χ3v) is 3.96. The van der Waals surface area contributed by atoms with Crippen LogP contribution in [0.5, 0.6) is 0 Å². The number of nitrogens with two attached hydrogens (primary N) is 1. The van der Waals surface area contributed by atoms with Crippen molar-refractivity contribution in [1.82, 2.24) is 0 Å². The van der Waals surface area contributed by atoms with Gasteiger partial charge in [0.1, 0.15) is 0 Å². The van der Waals surface area contributed by atoms with Crippen molar-refractivity contribution in [2.24, 2.45) is 11.7 Å². The highest BCUT2D eigenvalue weighted by Gasteiger charge is 2.23. The summed E-state index contributed by atoms with van der Waals surface area (Å²) >= 11 is 3.45. The van der Waals surface area contributed by atoms with Crippen LogP contribution in [-0.2, 0) is 6.42 Å². The summed E-state index contributed by atoms with van der Waals surface area (Å²) in [5, 5.41) is 0. The van der Waals surface area contributed by atoms with Crippen LogP contribution in [0.1, 0.15) is 31.2 Å². The molecule has 1 aromatic rings. The van der Waals surface area contributed by atoms with Crippen molar-refractivity contribution in [2.75, 3.05) is 0 Å². The number of hydrogen-bond donors (Lipinski definition) is 1. The minimum atomic E-state index is 0.459. The third-order valence-electron chi connectivity index (χ3n) is 3.43. The molecule has 2 rings (SSSR count). The molecule has 2 heteroatoms. The summed E-state index contributed by atoms with van der Waals surface area (Å²) in [6.45, 7) is 0. The summed E-state index contributed by atoms with van der Waals surface area (Å²) in [4.78, 5) is 0. The van der Waals surface area contributed by atoms with Crippen LogP contribution in [0.3, 0.4) is 0 Å². The van der Waals surface area contributed by atoms with Gasteiger partial charge in [0.25, 0.3) is 0 Å². The molecule has 0 saturated heterocycles. The second-order valence-electron chi connectivity index (χ2n) is 4.52. The Morgan fingerprint density at radius 1 is 1.20 bits per heavy atom. The lowest BCUT2D eigenvalue weighted by atomic mass is 9.95. The minimum absolute atomic E-state index is 0.459. The van der Waals surface area contributed by atoms with Gasteiger partial charge < -0.3 is 5.73 Å². The molecule has 0 spiro atoms. The smallest absolute Gasteiger partial charge is 0.0175 e. The van der Waals surface area contributed by atoms with Crippen LogP contribution in [0, 0.1) is 5.92 Å². The molecule has 0 aliphatic heterocycles. The topological polar surface area (TPSA) is 26.0 Å². The molecule has 1 aliphatic rings. The molecule has 1 nitrogen and oxygen atoms in total. The molecule has 1 aliphatic carbocycles. The Kier molecular flexibility index (Phi) is 3.81. The minimum Gasteiger partial charge on any atom is -0.327 e. The highest BCUT2D eigenvalue weighted by atomic mass is 79.9. The first kappa shape index (κ1) is 11.2. The zero-order chi connectivity index (χ0) is 10.7. The Balaban J connectivity index is 1.85. The van der Waals surface area contributed by atoms with Gasteiger partial charge in [0.15, 0.2) is 0 Å². The second kappa shape index (κ2) is 5.13. The fourth-order valence-corrected chi connectivity index (χ4v) is 2.69. The Morgan fingerprint density at radius 3 is 2.53 bits per heavy atom. The first-order chi connectivity index (χ1) is 7.25. The lowest BCUT2D eigenvalue weighted by Gasteiger charge is -2.14. The highest BCUT2D eigenvalue weighted by molar-refractivity contribution is 9.10. The fourth-order valence-electron chi connectivity index (χ4n) is 2.43. The van der Waals surface area contributed by atoms with Crippen LogP contribution >= 0.6 is 15.9 Å². The van der Waals surface area contributed by atoms with Crippen LogP contribution in [0.4, 0.5) is 0 Å². The molecule has 2 unspecified atom stereocenters. The second-order valence-corrected chi connectivity index (χ2v) is 5.44. The zero-order valence-corrected chi connectivity index (χ0v) is 10.5. The van der Waals surface area contributed by atoms with E-state index in [1.807, 2.05) is 0 Å². The van der Waals surface area contributed by atoms with Crippen molar-refractivity contribution in [3.8, 4) is 0 Å². The predicted octanol–water partition coefficient (Wildman–Crippen LogP) is 3.51. The van der Waals surface area contributed by atoms with Crippen molar-refractivity contribution in [3.05, 3.63) is 34.3 Å². The van der Waals surface area contributed by atoms with Gasteiger partial charge in [-0.25, -0.2) is 0 Å². The molecule has 1 aromatic carbocycles. The molecule has 82 valence electrons. The van der Waals surface area contributed by atoms with Gasteiger partial charge in [0.05, 0.1) is 0 Å².